The SMILES string of the molecule is CCNC(=O)C(=O)C(Cc1ccccc1)NC(=O)[C@H](CC(C)CC)NC(=O)OCCOC. The highest BCUT2D eigenvalue weighted by molar-refractivity contribution is 6.38. The Morgan fingerprint density at radius 2 is 1.66 bits per heavy atom. The molecule has 32 heavy (non-hydrogen) atoms. The summed E-state index contributed by atoms with van der Waals surface area (Å²) in [6.45, 7) is 6.22. The van der Waals surface area contributed by atoms with E-state index in [1.807, 2.05) is 44.2 Å². The first-order valence-electron chi connectivity index (χ1n) is 10.9. The van der Waals surface area contributed by atoms with Crippen molar-refractivity contribution < 1.29 is 28.7 Å². The highest BCUT2D eigenvalue weighted by Crippen LogP contribution is 2.12. The van der Waals surface area contributed by atoms with Crippen molar-refractivity contribution in [2.45, 2.75) is 52.1 Å². The van der Waals surface area contributed by atoms with E-state index >= 15 is 0 Å². The number of Topliss-reactive ketones (excluding diaryl/α,β-unsaturated/α-hetero) is 1. The van der Waals surface area contributed by atoms with Crippen molar-refractivity contribution in [3.8, 4) is 0 Å². The van der Waals surface area contributed by atoms with Gasteiger partial charge in [0.25, 0.3) is 5.91 Å². The third-order valence-corrected chi connectivity index (χ3v) is 4.94. The van der Waals surface area contributed by atoms with E-state index in [2.05, 4.69) is 16.0 Å². The average molecular weight is 450 g/mol. The number of carbonyl (C=O) groups excluding carboxylic acids is 4. The normalized spacial score (nSPS) is 13.4. The molecule has 0 radical (unpaired) electrons. The molecule has 0 saturated heterocycles. The summed E-state index contributed by atoms with van der Waals surface area (Å²) >= 11 is 0. The molecule has 0 aliphatic carbocycles. The Labute approximate surface area is 189 Å². The Morgan fingerprint density at radius 3 is 2.25 bits per heavy atom. The molecule has 9 nitrogen and oxygen atoms in total. The molecule has 1 rings (SSSR count). The Bertz CT molecular complexity index is 741. The zero-order chi connectivity index (χ0) is 23.9. The van der Waals surface area contributed by atoms with E-state index in [9.17, 15) is 19.2 Å². The van der Waals surface area contributed by atoms with Gasteiger partial charge in [-0.3, -0.25) is 14.4 Å². The predicted molar refractivity (Wildman–Crippen MR) is 120 cm³/mol. The summed E-state index contributed by atoms with van der Waals surface area (Å²) in [5.74, 6) is -1.92. The van der Waals surface area contributed by atoms with Crippen LogP contribution in [-0.2, 0) is 30.3 Å². The number of hydrogen-bond acceptors (Lipinski definition) is 6. The second kappa shape index (κ2) is 15.0. The zero-order valence-electron chi connectivity index (χ0n) is 19.3. The van der Waals surface area contributed by atoms with Gasteiger partial charge in [0.15, 0.2) is 0 Å². The van der Waals surface area contributed by atoms with Crippen LogP contribution >= 0.6 is 0 Å². The van der Waals surface area contributed by atoms with Crippen molar-refractivity contribution >= 4 is 23.7 Å². The van der Waals surface area contributed by atoms with Crippen molar-refractivity contribution in [1.82, 2.24) is 16.0 Å². The molecule has 0 aliphatic rings. The van der Waals surface area contributed by atoms with Crippen LogP contribution in [0.3, 0.4) is 0 Å². The molecule has 0 aromatic heterocycles. The largest absolute Gasteiger partial charge is 0.447 e. The summed E-state index contributed by atoms with van der Waals surface area (Å²) < 4.78 is 9.86. The predicted octanol–water partition coefficient (Wildman–Crippen LogP) is 1.60. The van der Waals surface area contributed by atoms with E-state index < -0.39 is 35.8 Å². The lowest BCUT2D eigenvalue weighted by atomic mass is 9.97. The van der Waals surface area contributed by atoms with Gasteiger partial charge < -0.3 is 25.4 Å². The molecule has 1 aromatic carbocycles. The number of ketones is 1. The molecule has 0 saturated carbocycles. The monoisotopic (exact) mass is 449 g/mol. The molecule has 9 heteroatoms. The van der Waals surface area contributed by atoms with Gasteiger partial charge >= 0.3 is 6.09 Å². The number of hydrogen-bond donors (Lipinski definition) is 3. The van der Waals surface area contributed by atoms with Crippen LogP contribution in [0.2, 0.25) is 0 Å². The van der Waals surface area contributed by atoms with Crippen molar-refractivity contribution in [2.24, 2.45) is 5.92 Å². The summed E-state index contributed by atoms with van der Waals surface area (Å²) in [5.41, 5.74) is 0.792. The Morgan fingerprint density at radius 1 is 0.969 bits per heavy atom. The van der Waals surface area contributed by atoms with Crippen LogP contribution in [0.1, 0.15) is 39.2 Å². The van der Waals surface area contributed by atoms with Gasteiger partial charge in [-0.25, -0.2) is 4.79 Å². The molecule has 0 fully saturated rings. The molecule has 0 aliphatic heterocycles. The second-order valence-electron chi connectivity index (χ2n) is 7.55. The fraction of sp³-hybridized carbons (Fsp3) is 0.565. The maximum Gasteiger partial charge on any atom is 0.407 e. The number of amides is 3. The summed E-state index contributed by atoms with van der Waals surface area (Å²) in [6, 6.07) is 7.10. The smallest absolute Gasteiger partial charge is 0.407 e. The summed E-state index contributed by atoms with van der Waals surface area (Å²) in [6.07, 6.45) is 0.557. The fourth-order valence-electron chi connectivity index (χ4n) is 2.94. The van der Waals surface area contributed by atoms with E-state index in [0.717, 1.165) is 12.0 Å². The van der Waals surface area contributed by atoms with Gasteiger partial charge in [-0.05, 0) is 24.8 Å². The Hall–Kier alpha value is -2.94. The second-order valence-corrected chi connectivity index (χ2v) is 7.55. The van der Waals surface area contributed by atoms with Crippen LogP contribution in [0.5, 0.6) is 0 Å². The molecular formula is C23H35N3O6. The highest BCUT2D eigenvalue weighted by Gasteiger charge is 2.31. The number of alkyl carbamates (subject to hydrolysis) is 1. The van der Waals surface area contributed by atoms with Crippen LogP contribution < -0.4 is 16.0 Å². The molecule has 1 aromatic rings. The van der Waals surface area contributed by atoms with Gasteiger partial charge in [-0.2, -0.15) is 0 Å². The van der Waals surface area contributed by atoms with Crippen LogP contribution in [0.4, 0.5) is 4.79 Å². The topological polar surface area (TPSA) is 123 Å². The van der Waals surface area contributed by atoms with E-state index in [0.29, 0.717) is 13.0 Å². The quantitative estimate of drug-likeness (QED) is 0.293. The first-order chi connectivity index (χ1) is 15.3. The molecule has 0 heterocycles. The zero-order valence-corrected chi connectivity index (χ0v) is 19.3. The maximum absolute atomic E-state index is 13.1. The molecule has 3 N–H and O–H groups in total. The third kappa shape index (κ3) is 9.91. The number of ether oxygens (including phenoxy) is 2. The van der Waals surface area contributed by atoms with Crippen molar-refractivity contribution in [2.75, 3.05) is 26.9 Å². The van der Waals surface area contributed by atoms with E-state index in [1.54, 1.807) is 6.92 Å². The number of benzene rings is 1. The molecule has 178 valence electrons. The van der Waals surface area contributed by atoms with Crippen molar-refractivity contribution in [1.29, 1.82) is 0 Å². The minimum absolute atomic E-state index is 0.0479. The van der Waals surface area contributed by atoms with E-state index in [-0.39, 0.29) is 25.6 Å². The number of nitrogens with one attached hydrogen (secondary N) is 3. The van der Waals surface area contributed by atoms with Gasteiger partial charge in [0.1, 0.15) is 18.7 Å². The summed E-state index contributed by atoms with van der Waals surface area (Å²) in [5, 5.41) is 7.70. The Kier molecular flexibility index (Phi) is 12.7. The summed E-state index contributed by atoms with van der Waals surface area (Å²) in [7, 11) is 1.49. The van der Waals surface area contributed by atoms with E-state index in [4.69, 9.17) is 9.47 Å². The van der Waals surface area contributed by atoms with Crippen molar-refractivity contribution in [3.05, 3.63) is 35.9 Å². The molecule has 0 spiro atoms. The number of methoxy groups -OCH3 is 1. The first kappa shape index (κ1) is 27.1. The fourth-order valence-corrected chi connectivity index (χ4v) is 2.94. The van der Waals surface area contributed by atoms with Gasteiger partial charge in [0, 0.05) is 20.1 Å². The van der Waals surface area contributed by atoms with Crippen LogP contribution in [0, 0.1) is 5.92 Å². The van der Waals surface area contributed by atoms with Gasteiger partial charge in [-0.1, -0.05) is 50.6 Å². The summed E-state index contributed by atoms with van der Waals surface area (Å²) in [4.78, 5) is 50.0. The van der Waals surface area contributed by atoms with Crippen LogP contribution in [0.25, 0.3) is 0 Å². The minimum atomic E-state index is -1.07. The molecular weight excluding hydrogens is 414 g/mol. The lowest BCUT2D eigenvalue weighted by molar-refractivity contribution is -0.140. The molecule has 3 atom stereocenters. The molecule has 2 unspecified atom stereocenters. The highest BCUT2D eigenvalue weighted by atomic mass is 16.6. The lowest BCUT2D eigenvalue weighted by Gasteiger charge is -2.24. The standard InChI is InChI=1S/C23H35N3O6/c1-5-16(3)14-19(26-23(30)32-13-12-31-4)21(28)25-18(20(27)22(29)24-6-2)15-17-10-8-7-9-11-17/h7-11,16,18-19H,5-6,12-15H2,1-4H3,(H,24,29)(H,25,28)(H,26,30)/t16?,18?,19-/m0/s1. The molecule has 3 amide bonds. The van der Waals surface area contributed by atoms with Crippen LogP contribution in [0.15, 0.2) is 30.3 Å². The lowest BCUT2D eigenvalue weighted by Crippen LogP contribution is -2.55. The number of carbonyl (C=O) groups is 4. The Balaban J connectivity index is 2.98. The number of rotatable bonds is 14. The van der Waals surface area contributed by atoms with E-state index in [1.165, 1.54) is 7.11 Å². The van der Waals surface area contributed by atoms with Gasteiger partial charge in [0.05, 0.1) is 6.61 Å². The average Bonchev–Trinajstić information content (AvgIpc) is 2.78. The van der Waals surface area contributed by atoms with Crippen LogP contribution in [-0.4, -0.2) is 62.6 Å². The number of likely N-dealkylation sites (N-methyl/N-ethyl adjacent to an activating group) is 1. The first-order valence-corrected chi connectivity index (χ1v) is 10.9. The van der Waals surface area contributed by atoms with Crippen molar-refractivity contribution in [3.63, 3.8) is 0 Å². The van der Waals surface area contributed by atoms with Gasteiger partial charge in [-0.15, -0.1) is 0 Å². The minimum Gasteiger partial charge on any atom is -0.447 e. The third-order valence-electron chi connectivity index (χ3n) is 4.94. The molecule has 0 bridgehead atoms. The van der Waals surface area contributed by atoms with Gasteiger partial charge in [0.2, 0.25) is 11.7 Å². The maximum atomic E-state index is 13.1.